The van der Waals surface area contributed by atoms with Crippen LogP contribution in [0.5, 0.6) is 0 Å². The van der Waals surface area contributed by atoms with Crippen LogP contribution in [-0.4, -0.2) is 9.97 Å². The molecule has 0 amide bonds. The fraction of sp³-hybridized carbons (Fsp3) is 0.111. The summed E-state index contributed by atoms with van der Waals surface area (Å²) in [5.74, 6) is 0.718. The third kappa shape index (κ3) is 2.03. The van der Waals surface area contributed by atoms with Crippen molar-refractivity contribution in [2.24, 2.45) is 0 Å². The molecule has 2 heterocycles. The zero-order valence-corrected chi connectivity index (χ0v) is 7.67. The van der Waals surface area contributed by atoms with Crippen molar-refractivity contribution < 1.29 is 0 Å². The molecular weight excluding hydrogens is 184 g/mol. The molecule has 2 aromatic heterocycles. The maximum absolute atomic E-state index is 10.9. The Labute approximate surface area is 79.1 Å². The maximum Gasteiger partial charge on any atom is 0.250 e. The van der Waals surface area contributed by atoms with Gasteiger partial charge in [-0.3, -0.25) is 4.79 Å². The zero-order chi connectivity index (χ0) is 9.10. The SMILES string of the molecule is O=c1ccnc(Cc2cccs2)[nH]1. The van der Waals surface area contributed by atoms with Crippen LogP contribution in [0.25, 0.3) is 0 Å². The maximum atomic E-state index is 10.9. The Hall–Kier alpha value is -1.42. The minimum absolute atomic E-state index is 0.0958. The smallest absolute Gasteiger partial charge is 0.250 e. The van der Waals surface area contributed by atoms with E-state index in [2.05, 4.69) is 9.97 Å². The van der Waals surface area contributed by atoms with Gasteiger partial charge in [-0.25, -0.2) is 4.98 Å². The molecule has 0 unspecified atom stereocenters. The molecule has 0 aliphatic carbocycles. The second kappa shape index (κ2) is 3.53. The van der Waals surface area contributed by atoms with Gasteiger partial charge in [-0.15, -0.1) is 11.3 Å². The van der Waals surface area contributed by atoms with Gasteiger partial charge in [-0.2, -0.15) is 0 Å². The molecule has 0 spiro atoms. The summed E-state index contributed by atoms with van der Waals surface area (Å²) in [7, 11) is 0. The van der Waals surface area contributed by atoms with Crippen LogP contribution in [-0.2, 0) is 6.42 Å². The molecule has 0 radical (unpaired) electrons. The molecule has 0 saturated carbocycles. The van der Waals surface area contributed by atoms with Crippen LogP contribution < -0.4 is 5.56 Å². The highest BCUT2D eigenvalue weighted by molar-refractivity contribution is 7.09. The molecule has 0 bridgehead atoms. The molecule has 0 saturated heterocycles. The summed E-state index contributed by atoms with van der Waals surface area (Å²) >= 11 is 1.66. The molecule has 0 atom stereocenters. The first-order valence-corrected chi connectivity index (χ1v) is 4.79. The van der Waals surface area contributed by atoms with E-state index in [4.69, 9.17) is 0 Å². The molecule has 0 fully saturated rings. The molecule has 2 rings (SSSR count). The van der Waals surface area contributed by atoms with E-state index in [1.54, 1.807) is 11.3 Å². The first kappa shape index (κ1) is 8.19. The number of hydrogen-bond acceptors (Lipinski definition) is 3. The Balaban J connectivity index is 2.24. The van der Waals surface area contributed by atoms with Crippen molar-refractivity contribution in [3.63, 3.8) is 0 Å². The molecular formula is C9H8N2OS. The van der Waals surface area contributed by atoms with E-state index in [0.717, 1.165) is 5.82 Å². The number of H-pyrrole nitrogens is 1. The highest BCUT2D eigenvalue weighted by atomic mass is 32.1. The van der Waals surface area contributed by atoms with Crippen molar-refractivity contribution in [2.45, 2.75) is 6.42 Å². The van der Waals surface area contributed by atoms with Gasteiger partial charge in [0.2, 0.25) is 0 Å². The van der Waals surface area contributed by atoms with Crippen molar-refractivity contribution in [1.82, 2.24) is 9.97 Å². The van der Waals surface area contributed by atoms with Gasteiger partial charge in [0.05, 0.1) is 0 Å². The number of aromatic nitrogens is 2. The van der Waals surface area contributed by atoms with Crippen LogP contribution in [0, 0.1) is 0 Å². The second-order valence-electron chi connectivity index (χ2n) is 2.64. The second-order valence-corrected chi connectivity index (χ2v) is 3.67. The van der Waals surface area contributed by atoms with Gasteiger partial charge < -0.3 is 4.98 Å². The lowest BCUT2D eigenvalue weighted by Gasteiger charge is -1.95. The first-order valence-electron chi connectivity index (χ1n) is 3.91. The number of nitrogens with zero attached hydrogens (tertiary/aromatic N) is 1. The van der Waals surface area contributed by atoms with Crippen molar-refractivity contribution in [3.05, 3.63) is 50.8 Å². The topological polar surface area (TPSA) is 45.8 Å². The largest absolute Gasteiger partial charge is 0.310 e. The summed E-state index contributed by atoms with van der Waals surface area (Å²) in [5, 5.41) is 2.01. The fourth-order valence-electron chi connectivity index (χ4n) is 1.08. The lowest BCUT2D eigenvalue weighted by atomic mass is 10.3. The molecule has 66 valence electrons. The standard InChI is InChI=1S/C9H8N2OS/c12-9-3-4-10-8(11-9)6-7-2-1-5-13-7/h1-5H,6H2,(H,10,11,12). The highest BCUT2D eigenvalue weighted by Crippen LogP contribution is 2.10. The summed E-state index contributed by atoms with van der Waals surface area (Å²) in [6.07, 6.45) is 2.23. The fourth-order valence-corrected chi connectivity index (χ4v) is 1.79. The van der Waals surface area contributed by atoms with E-state index in [0.29, 0.717) is 6.42 Å². The summed E-state index contributed by atoms with van der Waals surface area (Å²) in [5.41, 5.74) is -0.0958. The van der Waals surface area contributed by atoms with Crippen molar-refractivity contribution in [1.29, 1.82) is 0 Å². The van der Waals surface area contributed by atoms with Crippen molar-refractivity contribution >= 4 is 11.3 Å². The van der Waals surface area contributed by atoms with E-state index >= 15 is 0 Å². The lowest BCUT2D eigenvalue weighted by molar-refractivity contribution is 0.956. The molecule has 0 aliphatic rings. The Bertz CT molecular complexity index is 433. The van der Waals surface area contributed by atoms with Crippen molar-refractivity contribution in [3.8, 4) is 0 Å². The zero-order valence-electron chi connectivity index (χ0n) is 6.86. The van der Waals surface area contributed by atoms with E-state index < -0.39 is 0 Å². The van der Waals surface area contributed by atoms with Gasteiger partial charge >= 0.3 is 0 Å². The quantitative estimate of drug-likeness (QED) is 0.782. The average Bonchev–Trinajstić information content (AvgIpc) is 2.57. The summed E-state index contributed by atoms with van der Waals surface area (Å²) in [4.78, 5) is 18.9. The number of aromatic amines is 1. The highest BCUT2D eigenvalue weighted by Gasteiger charge is 1.98. The summed E-state index contributed by atoms with van der Waals surface area (Å²) in [6, 6.07) is 5.43. The summed E-state index contributed by atoms with van der Waals surface area (Å²) < 4.78 is 0. The Morgan fingerprint density at radius 1 is 1.46 bits per heavy atom. The number of nitrogens with one attached hydrogen (secondary N) is 1. The van der Waals surface area contributed by atoms with Crippen LogP contribution in [0.4, 0.5) is 0 Å². The van der Waals surface area contributed by atoms with Crippen LogP contribution in [0.3, 0.4) is 0 Å². The van der Waals surface area contributed by atoms with Gasteiger partial charge in [0.1, 0.15) is 5.82 Å². The lowest BCUT2D eigenvalue weighted by Crippen LogP contribution is -2.08. The van der Waals surface area contributed by atoms with Crippen LogP contribution >= 0.6 is 11.3 Å². The predicted molar refractivity (Wildman–Crippen MR) is 52.0 cm³/mol. The van der Waals surface area contributed by atoms with Crippen LogP contribution in [0.1, 0.15) is 10.7 Å². The van der Waals surface area contributed by atoms with E-state index in [1.807, 2.05) is 17.5 Å². The normalized spacial score (nSPS) is 10.2. The molecule has 13 heavy (non-hydrogen) atoms. The third-order valence-corrected chi connectivity index (χ3v) is 2.52. The van der Waals surface area contributed by atoms with E-state index in [9.17, 15) is 4.79 Å². The summed E-state index contributed by atoms with van der Waals surface area (Å²) in [6.45, 7) is 0. The van der Waals surface area contributed by atoms with Crippen LogP contribution in [0.2, 0.25) is 0 Å². The Kier molecular flexibility index (Phi) is 2.23. The first-order chi connectivity index (χ1) is 6.34. The monoisotopic (exact) mass is 192 g/mol. The molecule has 3 nitrogen and oxygen atoms in total. The molecule has 1 N–H and O–H groups in total. The van der Waals surface area contributed by atoms with Gasteiger partial charge in [0, 0.05) is 23.6 Å². The number of hydrogen-bond donors (Lipinski definition) is 1. The number of thiophene rings is 1. The van der Waals surface area contributed by atoms with E-state index in [1.165, 1.54) is 17.1 Å². The minimum Gasteiger partial charge on any atom is -0.310 e. The molecule has 0 aliphatic heterocycles. The Morgan fingerprint density at radius 2 is 2.38 bits per heavy atom. The van der Waals surface area contributed by atoms with Gasteiger partial charge in [0.25, 0.3) is 5.56 Å². The minimum atomic E-state index is -0.0958. The van der Waals surface area contributed by atoms with Crippen LogP contribution in [0.15, 0.2) is 34.6 Å². The molecule has 2 aromatic rings. The van der Waals surface area contributed by atoms with Gasteiger partial charge in [-0.05, 0) is 11.4 Å². The van der Waals surface area contributed by atoms with Crippen molar-refractivity contribution in [2.75, 3.05) is 0 Å². The van der Waals surface area contributed by atoms with Gasteiger partial charge in [0.15, 0.2) is 0 Å². The average molecular weight is 192 g/mol. The predicted octanol–water partition coefficient (Wildman–Crippen LogP) is 1.42. The molecule has 4 heteroatoms. The van der Waals surface area contributed by atoms with E-state index in [-0.39, 0.29) is 5.56 Å². The number of rotatable bonds is 2. The van der Waals surface area contributed by atoms with Gasteiger partial charge in [-0.1, -0.05) is 6.07 Å². The Morgan fingerprint density at radius 3 is 3.08 bits per heavy atom. The third-order valence-electron chi connectivity index (χ3n) is 1.65. The molecule has 0 aromatic carbocycles.